The molecule has 0 fully saturated rings. The van der Waals surface area contributed by atoms with Gasteiger partial charge in [0.25, 0.3) is 17.2 Å². The Balaban J connectivity index is 1.76. The Morgan fingerprint density at radius 2 is 1.86 bits per heavy atom. The molecule has 0 aliphatic heterocycles. The van der Waals surface area contributed by atoms with Crippen molar-refractivity contribution in [1.82, 2.24) is 9.97 Å². The number of ether oxygens (including phenoxy) is 1. The van der Waals surface area contributed by atoms with Gasteiger partial charge < -0.3 is 15.0 Å². The van der Waals surface area contributed by atoms with E-state index >= 15 is 0 Å². The lowest BCUT2D eigenvalue weighted by atomic mass is 10.1. The fourth-order valence-electron chi connectivity index (χ4n) is 2.51. The second kappa shape index (κ2) is 8.12. The number of non-ortho nitro benzene ring substituents is 1. The molecule has 3 rings (SSSR count). The number of anilines is 1. The van der Waals surface area contributed by atoms with E-state index in [9.17, 15) is 19.7 Å². The lowest BCUT2D eigenvalue weighted by molar-refractivity contribution is -0.384. The summed E-state index contributed by atoms with van der Waals surface area (Å²) in [7, 11) is 1.57. The van der Waals surface area contributed by atoms with E-state index in [0.29, 0.717) is 23.7 Å². The van der Waals surface area contributed by atoms with Crippen LogP contribution in [0.3, 0.4) is 0 Å². The maximum Gasteiger partial charge on any atom is 0.274 e. The minimum atomic E-state index is -0.587. The molecule has 0 saturated heterocycles. The second-order valence-electron chi connectivity index (χ2n) is 5.86. The van der Waals surface area contributed by atoms with Crippen LogP contribution in [0.15, 0.2) is 59.4 Å². The van der Waals surface area contributed by atoms with Crippen molar-refractivity contribution < 1.29 is 14.5 Å². The summed E-state index contributed by atoms with van der Waals surface area (Å²) in [5.74, 6) is 0.462. The van der Waals surface area contributed by atoms with Crippen molar-refractivity contribution in [2.24, 2.45) is 0 Å². The first-order chi connectivity index (χ1) is 13.4. The van der Waals surface area contributed by atoms with Crippen molar-refractivity contribution >= 4 is 17.3 Å². The van der Waals surface area contributed by atoms with Crippen molar-refractivity contribution in [3.05, 3.63) is 92.1 Å². The largest absolute Gasteiger partial charge is 0.497 e. The molecule has 0 aliphatic carbocycles. The number of carbonyl (C=O) groups excluding carboxylic acids is 1. The van der Waals surface area contributed by atoms with E-state index in [1.165, 1.54) is 24.3 Å². The van der Waals surface area contributed by atoms with Crippen molar-refractivity contribution in [3.8, 4) is 5.75 Å². The molecule has 0 bridgehead atoms. The third-order valence-corrected chi connectivity index (χ3v) is 3.89. The number of rotatable bonds is 6. The molecule has 9 nitrogen and oxygen atoms in total. The number of aromatic nitrogens is 2. The van der Waals surface area contributed by atoms with E-state index in [4.69, 9.17) is 4.74 Å². The summed E-state index contributed by atoms with van der Waals surface area (Å²) < 4.78 is 5.10. The third-order valence-electron chi connectivity index (χ3n) is 3.89. The number of carbonyl (C=O) groups is 1. The first-order valence-corrected chi connectivity index (χ1v) is 8.23. The number of nitrogens with one attached hydrogen (secondary N) is 2. The van der Waals surface area contributed by atoms with Gasteiger partial charge in [0.1, 0.15) is 17.3 Å². The van der Waals surface area contributed by atoms with Gasteiger partial charge in [-0.3, -0.25) is 19.7 Å². The molecule has 0 spiro atoms. The van der Waals surface area contributed by atoms with Gasteiger partial charge in [-0.1, -0.05) is 12.1 Å². The van der Waals surface area contributed by atoms with E-state index in [1.807, 2.05) is 12.1 Å². The molecule has 1 aromatic heterocycles. The number of benzene rings is 2. The average Bonchev–Trinajstić information content (AvgIpc) is 2.68. The monoisotopic (exact) mass is 380 g/mol. The van der Waals surface area contributed by atoms with E-state index in [1.54, 1.807) is 19.2 Å². The van der Waals surface area contributed by atoms with Crippen LogP contribution in [0.2, 0.25) is 0 Å². The number of hydrogen-bond donors (Lipinski definition) is 2. The molecule has 142 valence electrons. The molecule has 0 saturated carbocycles. The highest BCUT2D eigenvalue weighted by atomic mass is 16.6. The van der Waals surface area contributed by atoms with Crippen molar-refractivity contribution in [3.63, 3.8) is 0 Å². The zero-order chi connectivity index (χ0) is 20.1. The highest BCUT2D eigenvalue weighted by molar-refractivity contribution is 6.02. The van der Waals surface area contributed by atoms with Gasteiger partial charge in [-0.05, 0) is 29.8 Å². The predicted molar refractivity (Wildman–Crippen MR) is 102 cm³/mol. The van der Waals surface area contributed by atoms with Crippen LogP contribution in [-0.2, 0) is 6.42 Å². The summed E-state index contributed by atoms with van der Waals surface area (Å²) in [6, 6.07) is 13.7. The molecule has 28 heavy (non-hydrogen) atoms. The maximum absolute atomic E-state index is 12.4. The van der Waals surface area contributed by atoms with Gasteiger partial charge in [0.05, 0.1) is 12.0 Å². The standard InChI is InChI=1S/C19H16N4O5/c1-28-15-8-2-12(3-9-15)10-17-21-16(11-18(24)22-17)19(25)20-13-4-6-14(7-5-13)23(26)27/h2-9,11H,10H2,1H3,(H,20,25)(H,21,22,24). The fourth-order valence-corrected chi connectivity index (χ4v) is 2.51. The number of aromatic amines is 1. The van der Waals surface area contributed by atoms with Gasteiger partial charge in [0.15, 0.2) is 0 Å². The molecule has 9 heteroatoms. The highest BCUT2D eigenvalue weighted by Crippen LogP contribution is 2.16. The number of nitrogens with zero attached hydrogens (tertiary/aromatic N) is 2. The summed E-state index contributed by atoms with van der Waals surface area (Å²) in [5, 5.41) is 13.2. The van der Waals surface area contributed by atoms with Crippen LogP contribution in [0.5, 0.6) is 5.75 Å². The summed E-state index contributed by atoms with van der Waals surface area (Å²) in [5.41, 5.74) is 0.651. The summed E-state index contributed by atoms with van der Waals surface area (Å²) in [4.78, 5) is 41.3. The molecule has 3 aromatic rings. The highest BCUT2D eigenvalue weighted by Gasteiger charge is 2.12. The average molecular weight is 380 g/mol. The van der Waals surface area contributed by atoms with Crippen LogP contribution in [0.4, 0.5) is 11.4 Å². The predicted octanol–water partition coefficient (Wildman–Crippen LogP) is 2.53. The molecule has 0 aliphatic rings. The molecule has 0 unspecified atom stereocenters. The lowest BCUT2D eigenvalue weighted by Crippen LogP contribution is -2.20. The van der Waals surface area contributed by atoms with Gasteiger partial charge in [0.2, 0.25) is 0 Å². The quantitative estimate of drug-likeness (QED) is 0.500. The third kappa shape index (κ3) is 4.58. The maximum atomic E-state index is 12.4. The van der Waals surface area contributed by atoms with Crippen LogP contribution in [-0.4, -0.2) is 27.9 Å². The van der Waals surface area contributed by atoms with E-state index in [-0.39, 0.29) is 11.4 Å². The molecule has 0 atom stereocenters. The minimum absolute atomic E-state index is 0.0504. The van der Waals surface area contributed by atoms with Gasteiger partial charge in [-0.2, -0.15) is 0 Å². The van der Waals surface area contributed by atoms with Crippen LogP contribution >= 0.6 is 0 Å². The smallest absolute Gasteiger partial charge is 0.274 e. The van der Waals surface area contributed by atoms with Crippen molar-refractivity contribution in [2.75, 3.05) is 12.4 Å². The van der Waals surface area contributed by atoms with Gasteiger partial charge in [-0.15, -0.1) is 0 Å². The summed E-state index contributed by atoms with van der Waals surface area (Å²) >= 11 is 0. The lowest BCUT2D eigenvalue weighted by Gasteiger charge is -2.07. The molecular weight excluding hydrogens is 364 g/mol. The molecular formula is C19H16N4O5. The van der Waals surface area contributed by atoms with Crippen LogP contribution in [0, 0.1) is 10.1 Å². The molecule has 2 N–H and O–H groups in total. The first kappa shape index (κ1) is 18.8. The van der Waals surface area contributed by atoms with Gasteiger partial charge in [0, 0.05) is 30.3 Å². The van der Waals surface area contributed by atoms with Crippen LogP contribution in [0.1, 0.15) is 21.9 Å². The fraction of sp³-hybridized carbons (Fsp3) is 0.105. The first-order valence-electron chi connectivity index (χ1n) is 8.23. The van der Waals surface area contributed by atoms with Gasteiger partial charge in [-0.25, -0.2) is 4.98 Å². The Hall–Kier alpha value is -4.01. The van der Waals surface area contributed by atoms with Gasteiger partial charge >= 0.3 is 0 Å². The number of amides is 1. The Morgan fingerprint density at radius 1 is 1.18 bits per heavy atom. The number of methoxy groups -OCH3 is 1. The van der Waals surface area contributed by atoms with Crippen LogP contribution in [0.25, 0.3) is 0 Å². The Kier molecular flexibility index (Phi) is 5.45. The number of H-pyrrole nitrogens is 1. The summed E-state index contributed by atoms with van der Waals surface area (Å²) in [6.45, 7) is 0. The Morgan fingerprint density at radius 3 is 2.46 bits per heavy atom. The molecule has 1 amide bonds. The topological polar surface area (TPSA) is 127 Å². The Bertz CT molecular complexity index is 1060. The zero-order valence-corrected chi connectivity index (χ0v) is 14.8. The summed E-state index contributed by atoms with van der Waals surface area (Å²) in [6.07, 6.45) is 0.331. The van der Waals surface area contributed by atoms with Crippen molar-refractivity contribution in [1.29, 1.82) is 0 Å². The molecule has 1 heterocycles. The number of nitro groups is 1. The normalized spacial score (nSPS) is 10.3. The molecule has 2 aromatic carbocycles. The van der Waals surface area contributed by atoms with Crippen molar-refractivity contribution in [2.45, 2.75) is 6.42 Å². The second-order valence-corrected chi connectivity index (χ2v) is 5.86. The van der Waals surface area contributed by atoms with E-state index in [2.05, 4.69) is 15.3 Å². The minimum Gasteiger partial charge on any atom is -0.497 e. The Labute approximate surface area is 159 Å². The number of hydrogen-bond acceptors (Lipinski definition) is 6. The SMILES string of the molecule is COc1ccc(Cc2nc(C(=O)Nc3ccc([N+](=O)[O-])cc3)cc(=O)[nH]2)cc1. The van der Waals surface area contributed by atoms with E-state index < -0.39 is 16.4 Å². The zero-order valence-electron chi connectivity index (χ0n) is 14.8. The van der Waals surface area contributed by atoms with E-state index in [0.717, 1.165) is 11.6 Å². The number of nitro benzene ring substituents is 1. The molecule has 0 radical (unpaired) electrons. The van der Waals surface area contributed by atoms with Crippen LogP contribution < -0.4 is 15.6 Å².